The Bertz CT molecular complexity index is 780. The van der Waals surface area contributed by atoms with Gasteiger partial charge in [0.05, 0.1) is 18.8 Å². The summed E-state index contributed by atoms with van der Waals surface area (Å²) in [5.74, 6) is -0.00654. The Kier molecular flexibility index (Phi) is 5.78. The van der Waals surface area contributed by atoms with Gasteiger partial charge in [-0.05, 0) is 44.2 Å². The summed E-state index contributed by atoms with van der Waals surface area (Å²) in [6, 6.07) is 8.51. The molecule has 144 valence electrons. The molecule has 0 spiro atoms. The van der Waals surface area contributed by atoms with E-state index in [-0.39, 0.29) is 12.0 Å². The molecular weight excluding hydrogens is 360 g/mol. The van der Waals surface area contributed by atoms with Gasteiger partial charge in [-0.15, -0.1) is 16.9 Å². The molecule has 7 heteroatoms. The summed E-state index contributed by atoms with van der Waals surface area (Å²) in [6.45, 7) is 5.21. The first-order chi connectivity index (χ1) is 13.2. The van der Waals surface area contributed by atoms with Gasteiger partial charge >= 0.3 is 0 Å². The first-order valence-corrected chi connectivity index (χ1v) is 10.6. The van der Waals surface area contributed by atoms with E-state index in [1.807, 2.05) is 16.7 Å². The molecule has 27 heavy (non-hydrogen) atoms. The van der Waals surface area contributed by atoms with Crippen LogP contribution in [0.3, 0.4) is 0 Å². The van der Waals surface area contributed by atoms with Crippen LogP contribution in [0.2, 0.25) is 0 Å². The third-order valence-corrected chi connectivity index (χ3v) is 6.81. The lowest BCUT2D eigenvalue weighted by Crippen LogP contribution is -2.39. The highest BCUT2D eigenvalue weighted by atomic mass is 32.2. The van der Waals surface area contributed by atoms with Crippen molar-refractivity contribution in [3.63, 3.8) is 0 Å². The summed E-state index contributed by atoms with van der Waals surface area (Å²) in [5.41, 5.74) is 1.77. The van der Waals surface area contributed by atoms with Crippen LogP contribution in [0, 0.1) is 6.92 Å². The molecule has 0 saturated carbocycles. The standard InChI is InChI=1S/C20H26N4O2S/c1-15-5-2-3-7-19(15)27-17-8-10-23(11-9-17)20(25)18-14-24(22-21-18)13-16-6-4-12-26-16/h2-3,5,7,14,16-17H,4,6,8-13H2,1H3/t16-/m0/s1. The second-order valence-electron chi connectivity index (χ2n) is 7.34. The van der Waals surface area contributed by atoms with Crippen LogP contribution >= 0.6 is 11.8 Å². The third-order valence-electron chi connectivity index (χ3n) is 5.29. The molecular formula is C20H26N4O2S. The number of amides is 1. The average Bonchev–Trinajstić information content (AvgIpc) is 3.36. The van der Waals surface area contributed by atoms with Crippen molar-refractivity contribution < 1.29 is 9.53 Å². The largest absolute Gasteiger partial charge is 0.376 e. The third kappa shape index (κ3) is 4.52. The van der Waals surface area contributed by atoms with Crippen molar-refractivity contribution in [3.8, 4) is 0 Å². The summed E-state index contributed by atoms with van der Waals surface area (Å²) in [7, 11) is 0. The van der Waals surface area contributed by atoms with Crippen LogP contribution in [-0.2, 0) is 11.3 Å². The maximum Gasteiger partial charge on any atom is 0.276 e. The van der Waals surface area contributed by atoms with Crippen molar-refractivity contribution in [1.82, 2.24) is 19.9 Å². The summed E-state index contributed by atoms with van der Waals surface area (Å²) in [6.07, 6.45) is 6.13. The van der Waals surface area contributed by atoms with Crippen LogP contribution in [0.15, 0.2) is 35.4 Å². The summed E-state index contributed by atoms with van der Waals surface area (Å²) in [4.78, 5) is 16.0. The van der Waals surface area contributed by atoms with E-state index < -0.39 is 0 Å². The Balaban J connectivity index is 1.29. The predicted octanol–water partition coefficient (Wildman–Crippen LogP) is 3.16. The number of likely N-dealkylation sites (tertiary alicyclic amines) is 1. The molecule has 1 aromatic heterocycles. The van der Waals surface area contributed by atoms with Crippen molar-refractivity contribution in [2.75, 3.05) is 19.7 Å². The van der Waals surface area contributed by atoms with Crippen molar-refractivity contribution in [3.05, 3.63) is 41.7 Å². The normalized spacial score (nSPS) is 20.9. The van der Waals surface area contributed by atoms with Crippen LogP contribution in [0.5, 0.6) is 0 Å². The zero-order chi connectivity index (χ0) is 18.6. The van der Waals surface area contributed by atoms with Crippen LogP contribution < -0.4 is 0 Å². The van der Waals surface area contributed by atoms with E-state index >= 15 is 0 Å². The quantitative estimate of drug-likeness (QED) is 0.790. The number of nitrogens with zero attached hydrogens (tertiary/aromatic N) is 4. The molecule has 0 N–H and O–H groups in total. The topological polar surface area (TPSA) is 60.2 Å². The van der Waals surface area contributed by atoms with E-state index in [4.69, 9.17) is 4.74 Å². The fraction of sp³-hybridized carbons (Fsp3) is 0.550. The molecule has 6 nitrogen and oxygen atoms in total. The molecule has 2 fully saturated rings. The van der Waals surface area contributed by atoms with Gasteiger partial charge in [0.25, 0.3) is 5.91 Å². The first kappa shape index (κ1) is 18.5. The highest BCUT2D eigenvalue weighted by molar-refractivity contribution is 8.00. The van der Waals surface area contributed by atoms with Crippen LogP contribution in [0.25, 0.3) is 0 Å². The minimum absolute atomic E-state index is 0.00654. The van der Waals surface area contributed by atoms with Gasteiger partial charge in [0, 0.05) is 29.8 Å². The summed E-state index contributed by atoms with van der Waals surface area (Å²) in [5, 5.41) is 8.76. The zero-order valence-corrected chi connectivity index (χ0v) is 16.5. The number of rotatable bonds is 5. The number of hydrogen-bond donors (Lipinski definition) is 0. The molecule has 2 aliphatic rings. The number of aromatic nitrogens is 3. The number of benzene rings is 1. The molecule has 2 aromatic rings. The molecule has 1 aromatic carbocycles. The number of piperidine rings is 1. The maximum absolute atomic E-state index is 12.7. The van der Waals surface area contributed by atoms with Crippen LogP contribution in [-0.4, -0.2) is 56.9 Å². The fourth-order valence-corrected chi connectivity index (χ4v) is 4.91. The zero-order valence-electron chi connectivity index (χ0n) is 15.7. The van der Waals surface area contributed by atoms with E-state index in [0.29, 0.717) is 17.5 Å². The minimum atomic E-state index is -0.00654. The van der Waals surface area contributed by atoms with Crippen LogP contribution in [0.4, 0.5) is 0 Å². The molecule has 2 aliphatic heterocycles. The lowest BCUT2D eigenvalue weighted by atomic mass is 10.1. The van der Waals surface area contributed by atoms with Crippen molar-refractivity contribution in [2.24, 2.45) is 0 Å². The van der Waals surface area contributed by atoms with E-state index in [1.165, 1.54) is 10.5 Å². The maximum atomic E-state index is 12.7. The molecule has 2 saturated heterocycles. The smallest absolute Gasteiger partial charge is 0.276 e. The van der Waals surface area contributed by atoms with Gasteiger partial charge in [-0.2, -0.15) is 0 Å². The Hall–Kier alpha value is -1.86. The van der Waals surface area contributed by atoms with Gasteiger partial charge < -0.3 is 9.64 Å². The SMILES string of the molecule is Cc1ccccc1SC1CCN(C(=O)c2cn(C[C@@H]3CCCO3)nn2)CC1. The Labute approximate surface area is 164 Å². The number of carbonyl (C=O) groups excluding carboxylic acids is 1. The van der Waals surface area contributed by atoms with E-state index in [0.717, 1.165) is 45.4 Å². The Morgan fingerprint density at radius 3 is 2.81 bits per heavy atom. The Morgan fingerprint density at radius 1 is 1.26 bits per heavy atom. The molecule has 1 amide bonds. The molecule has 3 heterocycles. The van der Waals surface area contributed by atoms with Crippen molar-refractivity contribution in [2.45, 2.75) is 55.4 Å². The first-order valence-electron chi connectivity index (χ1n) is 9.72. The molecule has 4 rings (SSSR count). The van der Waals surface area contributed by atoms with Gasteiger partial charge in [-0.1, -0.05) is 23.4 Å². The monoisotopic (exact) mass is 386 g/mol. The highest BCUT2D eigenvalue weighted by Crippen LogP contribution is 2.32. The number of hydrogen-bond acceptors (Lipinski definition) is 5. The lowest BCUT2D eigenvalue weighted by Gasteiger charge is -2.31. The van der Waals surface area contributed by atoms with Crippen molar-refractivity contribution in [1.29, 1.82) is 0 Å². The number of ether oxygens (including phenoxy) is 1. The average molecular weight is 387 g/mol. The van der Waals surface area contributed by atoms with Gasteiger partial charge in [-0.3, -0.25) is 4.79 Å². The molecule has 0 aliphatic carbocycles. The molecule has 1 atom stereocenters. The minimum Gasteiger partial charge on any atom is -0.376 e. The summed E-state index contributed by atoms with van der Waals surface area (Å²) < 4.78 is 7.37. The molecule has 0 unspecified atom stereocenters. The molecule has 0 bridgehead atoms. The van der Waals surface area contributed by atoms with Gasteiger partial charge in [-0.25, -0.2) is 4.68 Å². The van der Waals surface area contributed by atoms with Gasteiger partial charge in [0.2, 0.25) is 0 Å². The number of thioether (sulfide) groups is 1. The van der Waals surface area contributed by atoms with E-state index in [2.05, 4.69) is 41.5 Å². The molecule has 0 radical (unpaired) electrons. The number of aryl methyl sites for hydroxylation is 1. The fourth-order valence-electron chi connectivity index (χ4n) is 3.69. The predicted molar refractivity (Wildman–Crippen MR) is 105 cm³/mol. The second kappa shape index (κ2) is 8.44. The van der Waals surface area contributed by atoms with E-state index in [1.54, 1.807) is 10.9 Å². The lowest BCUT2D eigenvalue weighted by molar-refractivity contribution is 0.0721. The van der Waals surface area contributed by atoms with Crippen molar-refractivity contribution >= 4 is 17.7 Å². The summed E-state index contributed by atoms with van der Waals surface area (Å²) >= 11 is 1.94. The van der Waals surface area contributed by atoms with E-state index in [9.17, 15) is 4.79 Å². The van der Waals surface area contributed by atoms with Gasteiger partial charge in [0.15, 0.2) is 5.69 Å². The van der Waals surface area contributed by atoms with Crippen LogP contribution in [0.1, 0.15) is 41.7 Å². The highest BCUT2D eigenvalue weighted by Gasteiger charge is 2.26. The Morgan fingerprint density at radius 2 is 2.07 bits per heavy atom. The number of carbonyl (C=O) groups is 1. The van der Waals surface area contributed by atoms with Gasteiger partial charge in [0.1, 0.15) is 0 Å². The second-order valence-corrected chi connectivity index (χ2v) is 8.68.